The topological polar surface area (TPSA) is 86.1 Å². The molecule has 0 atom stereocenters. The van der Waals surface area contributed by atoms with E-state index in [9.17, 15) is 9.59 Å². The standard InChI is InChI=1S/C19H16Cl2N4O3/c1-11-8-12(2)25(24-11)16-7-6-15(21)18(23-16)19(27)28-10-17(26)22-14-5-3-4-13(20)9-14/h3-9H,10H2,1-2H3,(H,22,26). The molecular formula is C19H16Cl2N4O3. The fraction of sp³-hybridized carbons (Fsp3) is 0.158. The molecule has 0 spiro atoms. The Morgan fingerprint density at radius 1 is 1.14 bits per heavy atom. The van der Waals surface area contributed by atoms with E-state index in [1.54, 1.807) is 35.0 Å². The van der Waals surface area contributed by atoms with Gasteiger partial charge < -0.3 is 10.1 Å². The van der Waals surface area contributed by atoms with Crippen molar-refractivity contribution in [2.75, 3.05) is 11.9 Å². The number of rotatable bonds is 5. The van der Waals surface area contributed by atoms with E-state index in [0.29, 0.717) is 16.5 Å². The van der Waals surface area contributed by atoms with Gasteiger partial charge in [0.15, 0.2) is 18.1 Å². The van der Waals surface area contributed by atoms with Crippen LogP contribution in [0.3, 0.4) is 0 Å². The number of amides is 1. The van der Waals surface area contributed by atoms with Gasteiger partial charge in [0, 0.05) is 16.4 Å². The molecule has 1 aromatic carbocycles. The summed E-state index contributed by atoms with van der Waals surface area (Å²) in [4.78, 5) is 28.6. The number of aryl methyl sites for hydroxylation is 2. The molecule has 1 amide bonds. The number of halogens is 2. The molecule has 0 saturated heterocycles. The fourth-order valence-electron chi connectivity index (χ4n) is 2.52. The van der Waals surface area contributed by atoms with E-state index in [1.807, 2.05) is 19.9 Å². The highest BCUT2D eigenvalue weighted by Gasteiger charge is 2.18. The number of hydrogen-bond acceptors (Lipinski definition) is 5. The number of aromatic nitrogens is 3. The minimum absolute atomic E-state index is 0.0951. The van der Waals surface area contributed by atoms with Gasteiger partial charge in [-0.3, -0.25) is 4.79 Å². The van der Waals surface area contributed by atoms with Crippen molar-refractivity contribution in [3.05, 3.63) is 69.6 Å². The van der Waals surface area contributed by atoms with Crippen molar-refractivity contribution >= 4 is 40.8 Å². The number of carbonyl (C=O) groups is 2. The molecule has 28 heavy (non-hydrogen) atoms. The van der Waals surface area contributed by atoms with Gasteiger partial charge in [0.05, 0.1) is 10.7 Å². The average molecular weight is 419 g/mol. The zero-order valence-corrected chi connectivity index (χ0v) is 16.6. The highest BCUT2D eigenvalue weighted by Crippen LogP contribution is 2.19. The fourth-order valence-corrected chi connectivity index (χ4v) is 2.89. The van der Waals surface area contributed by atoms with Crippen LogP contribution in [0.5, 0.6) is 0 Å². The third-order valence-electron chi connectivity index (χ3n) is 3.69. The first-order chi connectivity index (χ1) is 13.3. The van der Waals surface area contributed by atoms with Crippen LogP contribution >= 0.6 is 23.2 Å². The Bertz CT molecular complexity index is 1050. The molecule has 0 aliphatic rings. The Kier molecular flexibility index (Phi) is 5.96. The van der Waals surface area contributed by atoms with E-state index in [0.717, 1.165) is 11.4 Å². The SMILES string of the molecule is Cc1cc(C)n(-c2ccc(Cl)c(C(=O)OCC(=O)Nc3cccc(Cl)c3)n2)n1. The van der Waals surface area contributed by atoms with Gasteiger partial charge in [-0.05, 0) is 50.2 Å². The summed E-state index contributed by atoms with van der Waals surface area (Å²) in [5.74, 6) is -0.901. The Balaban J connectivity index is 1.69. The van der Waals surface area contributed by atoms with Crippen LogP contribution in [-0.4, -0.2) is 33.2 Å². The van der Waals surface area contributed by atoms with E-state index in [-0.39, 0.29) is 10.7 Å². The zero-order valence-electron chi connectivity index (χ0n) is 15.1. The van der Waals surface area contributed by atoms with Crippen molar-refractivity contribution in [1.82, 2.24) is 14.8 Å². The highest BCUT2D eigenvalue weighted by atomic mass is 35.5. The monoisotopic (exact) mass is 418 g/mol. The van der Waals surface area contributed by atoms with Crippen molar-refractivity contribution in [3.8, 4) is 5.82 Å². The second-order valence-corrected chi connectivity index (χ2v) is 6.82. The molecule has 3 aromatic rings. The van der Waals surface area contributed by atoms with E-state index in [2.05, 4.69) is 15.4 Å². The molecule has 144 valence electrons. The van der Waals surface area contributed by atoms with Crippen LogP contribution in [0.2, 0.25) is 10.0 Å². The largest absolute Gasteiger partial charge is 0.451 e. The maximum absolute atomic E-state index is 12.4. The summed E-state index contributed by atoms with van der Waals surface area (Å²) in [5.41, 5.74) is 2.07. The molecule has 9 heteroatoms. The quantitative estimate of drug-likeness (QED) is 0.633. The van der Waals surface area contributed by atoms with Crippen molar-refractivity contribution in [2.45, 2.75) is 13.8 Å². The molecule has 7 nitrogen and oxygen atoms in total. The number of benzene rings is 1. The number of nitrogens with zero attached hydrogens (tertiary/aromatic N) is 3. The van der Waals surface area contributed by atoms with E-state index < -0.39 is 18.5 Å². The molecule has 0 radical (unpaired) electrons. The molecule has 3 rings (SSSR count). The number of esters is 1. The average Bonchev–Trinajstić information content (AvgIpc) is 2.98. The first kappa shape index (κ1) is 19.9. The minimum Gasteiger partial charge on any atom is -0.451 e. The van der Waals surface area contributed by atoms with Gasteiger partial charge in [-0.2, -0.15) is 5.10 Å². The van der Waals surface area contributed by atoms with Gasteiger partial charge in [0.2, 0.25) is 0 Å². The number of ether oxygens (including phenoxy) is 1. The molecule has 2 aromatic heterocycles. The predicted molar refractivity (Wildman–Crippen MR) is 106 cm³/mol. The predicted octanol–water partition coefficient (Wildman–Crippen LogP) is 3.99. The second kappa shape index (κ2) is 8.41. The van der Waals surface area contributed by atoms with Crippen LogP contribution in [0.1, 0.15) is 21.9 Å². The zero-order chi connectivity index (χ0) is 20.3. The molecule has 0 saturated carbocycles. The van der Waals surface area contributed by atoms with Crippen LogP contribution in [0, 0.1) is 13.8 Å². The van der Waals surface area contributed by atoms with Crippen LogP contribution in [0.4, 0.5) is 5.69 Å². The number of carbonyl (C=O) groups excluding carboxylic acids is 2. The van der Waals surface area contributed by atoms with Gasteiger partial charge in [-0.1, -0.05) is 29.3 Å². The number of pyridine rings is 1. The summed E-state index contributed by atoms with van der Waals surface area (Å²) in [7, 11) is 0. The van der Waals surface area contributed by atoms with Gasteiger partial charge in [-0.25, -0.2) is 14.5 Å². The lowest BCUT2D eigenvalue weighted by Gasteiger charge is -2.09. The smallest absolute Gasteiger partial charge is 0.359 e. The summed E-state index contributed by atoms with van der Waals surface area (Å²) in [5, 5.41) is 7.50. The summed E-state index contributed by atoms with van der Waals surface area (Å²) >= 11 is 11.9. The minimum atomic E-state index is -0.811. The van der Waals surface area contributed by atoms with Crippen molar-refractivity contribution in [1.29, 1.82) is 0 Å². The summed E-state index contributed by atoms with van der Waals surface area (Å²) in [6.07, 6.45) is 0. The Morgan fingerprint density at radius 2 is 1.93 bits per heavy atom. The van der Waals surface area contributed by atoms with Crippen molar-refractivity contribution < 1.29 is 14.3 Å². The lowest BCUT2D eigenvalue weighted by molar-refractivity contribution is -0.119. The second-order valence-electron chi connectivity index (χ2n) is 5.97. The first-order valence-electron chi connectivity index (χ1n) is 8.26. The van der Waals surface area contributed by atoms with Gasteiger partial charge >= 0.3 is 5.97 Å². The summed E-state index contributed by atoms with van der Waals surface area (Å²) in [6.45, 7) is 3.23. The Labute approximate surface area is 171 Å². The van der Waals surface area contributed by atoms with E-state index in [4.69, 9.17) is 27.9 Å². The Morgan fingerprint density at radius 3 is 2.61 bits per heavy atom. The summed E-state index contributed by atoms with van der Waals surface area (Å²) in [6, 6.07) is 11.7. The van der Waals surface area contributed by atoms with Gasteiger partial charge in [-0.15, -0.1) is 0 Å². The number of anilines is 1. The molecule has 0 unspecified atom stereocenters. The lowest BCUT2D eigenvalue weighted by atomic mass is 10.3. The van der Waals surface area contributed by atoms with E-state index in [1.165, 1.54) is 6.07 Å². The number of hydrogen-bond donors (Lipinski definition) is 1. The third kappa shape index (κ3) is 4.68. The van der Waals surface area contributed by atoms with Gasteiger partial charge in [0.1, 0.15) is 0 Å². The maximum atomic E-state index is 12.4. The number of nitrogens with one attached hydrogen (secondary N) is 1. The maximum Gasteiger partial charge on any atom is 0.359 e. The normalized spacial score (nSPS) is 10.6. The molecule has 1 N–H and O–H groups in total. The molecule has 2 heterocycles. The van der Waals surface area contributed by atoms with Crippen molar-refractivity contribution in [3.63, 3.8) is 0 Å². The molecule has 0 fully saturated rings. The lowest BCUT2D eigenvalue weighted by Crippen LogP contribution is -2.21. The van der Waals surface area contributed by atoms with Crippen LogP contribution in [-0.2, 0) is 9.53 Å². The first-order valence-corrected chi connectivity index (χ1v) is 9.02. The Hall–Kier alpha value is -2.90. The van der Waals surface area contributed by atoms with Crippen LogP contribution in [0.25, 0.3) is 5.82 Å². The van der Waals surface area contributed by atoms with Crippen molar-refractivity contribution in [2.24, 2.45) is 0 Å². The molecular weight excluding hydrogens is 403 g/mol. The molecule has 0 aliphatic carbocycles. The van der Waals surface area contributed by atoms with E-state index >= 15 is 0 Å². The summed E-state index contributed by atoms with van der Waals surface area (Å²) < 4.78 is 6.63. The highest BCUT2D eigenvalue weighted by molar-refractivity contribution is 6.33. The van der Waals surface area contributed by atoms with Crippen LogP contribution < -0.4 is 5.32 Å². The van der Waals surface area contributed by atoms with Gasteiger partial charge in [0.25, 0.3) is 5.91 Å². The third-order valence-corrected chi connectivity index (χ3v) is 4.23. The molecule has 0 aliphatic heterocycles. The van der Waals surface area contributed by atoms with Crippen LogP contribution in [0.15, 0.2) is 42.5 Å². The molecule has 0 bridgehead atoms.